The highest BCUT2D eigenvalue weighted by Crippen LogP contribution is 2.32. The fourth-order valence-corrected chi connectivity index (χ4v) is 3.49. The fourth-order valence-electron chi connectivity index (χ4n) is 1.34. The van der Waals surface area contributed by atoms with Crippen LogP contribution in [-0.2, 0) is 6.54 Å². The first-order chi connectivity index (χ1) is 7.25. The van der Waals surface area contributed by atoms with E-state index in [1.54, 1.807) is 11.3 Å². The van der Waals surface area contributed by atoms with Gasteiger partial charge in [0.1, 0.15) is 0 Å². The maximum absolute atomic E-state index is 3.50. The molecule has 0 amide bonds. The molecular weight excluding hydrogens is 340 g/mol. The van der Waals surface area contributed by atoms with Crippen LogP contribution in [0.25, 0.3) is 0 Å². The van der Waals surface area contributed by atoms with Crippen molar-refractivity contribution in [2.24, 2.45) is 0 Å². The van der Waals surface area contributed by atoms with Crippen LogP contribution in [0.4, 0.5) is 0 Å². The maximum atomic E-state index is 3.50. The first kappa shape index (κ1) is 12.0. The van der Waals surface area contributed by atoms with E-state index < -0.39 is 0 Å². The molecule has 1 saturated carbocycles. The van der Waals surface area contributed by atoms with Gasteiger partial charge in [-0.05, 0) is 50.8 Å². The van der Waals surface area contributed by atoms with Crippen molar-refractivity contribution in [1.82, 2.24) is 10.6 Å². The van der Waals surface area contributed by atoms with E-state index >= 15 is 0 Å². The average molecular weight is 354 g/mol. The molecule has 5 heteroatoms. The molecule has 0 bridgehead atoms. The molecule has 0 radical (unpaired) electrons. The molecule has 1 aromatic heterocycles. The highest BCUT2D eigenvalue weighted by Gasteiger charge is 2.19. The van der Waals surface area contributed by atoms with Gasteiger partial charge in [0.2, 0.25) is 0 Å². The Morgan fingerprint density at radius 3 is 2.73 bits per heavy atom. The van der Waals surface area contributed by atoms with Crippen LogP contribution in [0.15, 0.2) is 14.3 Å². The van der Waals surface area contributed by atoms with Gasteiger partial charge in [-0.3, -0.25) is 0 Å². The molecule has 0 aliphatic heterocycles. The number of hydrogen-bond donors (Lipinski definition) is 2. The molecule has 0 aromatic carbocycles. The Morgan fingerprint density at radius 2 is 2.13 bits per heavy atom. The Hall–Kier alpha value is 0.580. The van der Waals surface area contributed by atoms with E-state index in [4.69, 9.17) is 0 Å². The Bertz CT molecular complexity index is 304. The molecular formula is C10H14Br2N2S. The van der Waals surface area contributed by atoms with Gasteiger partial charge < -0.3 is 10.6 Å². The van der Waals surface area contributed by atoms with E-state index in [1.807, 2.05) is 0 Å². The number of thiophene rings is 1. The minimum absolute atomic E-state index is 0.817. The van der Waals surface area contributed by atoms with Crippen LogP contribution in [0.5, 0.6) is 0 Å². The molecule has 0 atom stereocenters. The fraction of sp³-hybridized carbons (Fsp3) is 0.600. The minimum atomic E-state index is 0.817. The number of nitrogens with one attached hydrogen (secondary N) is 2. The summed E-state index contributed by atoms with van der Waals surface area (Å²) in [5, 5.41) is 6.91. The van der Waals surface area contributed by atoms with Crippen molar-refractivity contribution in [3.8, 4) is 0 Å². The highest BCUT2D eigenvalue weighted by molar-refractivity contribution is 9.13. The summed E-state index contributed by atoms with van der Waals surface area (Å²) in [6, 6.07) is 2.98. The summed E-state index contributed by atoms with van der Waals surface area (Å²) in [5.41, 5.74) is 0. The summed E-state index contributed by atoms with van der Waals surface area (Å²) < 4.78 is 2.33. The molecule has 1 heterocycles. The van der Waals surface area contributed by atoms with Crippen molar-refractivity contribution in [3.63, 3.8) is 0 Å². The van der Waals surface area contributed by atoms with E-state index in [0.717, 1.165) is 30.1 Å². The van der Waals surface area contributed by atoms with Gasteiger partial charge in [-0.2, -0.15) is 0 Å². The topological polar surface area (TPSA) is 24.1 Å². The number of rotatable bonds is 6. The van der Waals surface area contributed by atoms with Crippen LogP contribution >= 0.6 is 43.2 Å². The molecule has 2 rings (SSSR count). The van der Waals surface area contributed by atoms with Crippen LogP contribution in [-0.4, -0.2) is 19.1 Å². The maximum Gasteiger partial charge on any atom is 0.0843 e. The third-order valence-corrected chi connectivity index (χ3v) is 5.56. The SMILES string of the molecule is Brc1cc(CNCCNC2CC2)sc1Br. The molecule has 1 aliphatic rings. The second kappa shape index (κ2) is 5.77. The average Bonchev–Trinajstić information content (AvgIpc) is 2.95. The van der Waals surface area contributed by atoms with Gasteiger partial charge in [-0.15, -0.1) is 11.3 Å². The summed E-state index contributed by atoms with van der Waals surface area (Å²) in [4.78, 5) is 1.36. The second-order valence-electron chi connectivity index (χ2n) is 3.74. The van der Waals surface area contributed by atoms with Crippen LogP contribution in [0.1, 0.15) is 17.7 Å². The quantitative estimate of drug-likeness (QED) is 0.768. The summed E-state index contributed by atoms with van der Waals surface area (Å²) in [6.07, 6.45) is 2.73. The third-order valence-electron chi connectivity index (χ3n) is 2.31. The monoisotopic (exact) mass is 352 g/mol. The van der Waals surface area contributed by atoms with Crippen LogP contribution < -0.4 is 10.6 Å². The van der Waals surface area contributed by atoms with Crippen LogP contribution in [0.2, 0.25) is 0 Å². The van der Waals surface area contributed by atoms with Crippen molar-refractivity contribution in [2.45, 2.75) is 25.4 Å². The van der Waals surface area contributed by atoms with Crippen molar-refractivity contribution < 1.29 is 0 Å². The molecule has 0 unspecified atom stereocenters. The molecule has 84 valence electrons. The minimum Gasteiger partial charge on any atom is -0.313 e. The lowest BCUT2D eigenvalue weighted by molar-refractivity contribution is 0.611. The zero-order chi connectivity index (χ0) is 10.7. The number of hydrogen-bond acceptors (Lipinski definition) is 3. The normalized spacial score (nSPS) is 15.9. The van der Waals surface area contributed by atoms with Crippen LogP contribution in [0.3, 0.4) is 0 Å². The van der Waals surface area contributed by atoms with E-state index in [0.29, 0.717) is 0 Å². The van der Waals surface area contributed by atoms with E-state index in [9.17, 15) is 0 Å². The lowest BCUT2D eigenvalue weighted by atomic mass is 10.4. The van der Waals surface area contributed by atoms with E-state index in [-0.39, 0.29) is 0 Å². The van der Waals surface area contributed by atoms with Gasteiger partial charge in [-0.25, -0.2) is 0 Å². The van der Waals surface area contributed by atoms with Gasteiger partial charge in [0.15, 0.2) is 0 Å². The Balaban J connectivity index is 1.60. The van der Waals surface area contributed by atoms with Gasteiger partial charge in [0.05, 0.1) is 3.79 Å². The first-order valence-electron chi connectivity index (χ1n) is 5.13. The van der Waals surface area contributed by atoms with Gasteiger partial charge >= 0.3 is 0 Å². The van der Waals surface area contributed by atoms with E-state index in [2.05, 4.69) is 48.6 Å². The zero-order valence-electron chi connectivity index (χ0n) is 8.35. The molecule has 1 aromatic rings. The third kappa shape index (κ3) is 4.15. The van der Waals surface area contributed by atoms with E-state index in [1.165, 1.54) is 21.5 Å². The first-order valence-corrected chi connectivity index (χ1v) is 7.54. The summed E-state index contributed by atoms with van der Waals surface area (Å²) in [6.45, 7) is 3.09. The van der Waals surface area contributed by atoms with Gasteiger partial charge in [0, 0.05) is 35.0 Å². The molecule has 0 saturated heterocycles. The van der Waals surface area contributed by atoms with Crippen molar-refractivity contribution in [1.29, 1.82) is 0 Å². The molecule has 15 heavy (non-hydrogen) atoms. The van der Waals surface area contributed by atoms with Crippen LogP contribution in [0, 0.1) is 0 Å². The molecule has 0 spiro atoms. The van der Waals surface area contributed by atoms with Crippen molar-refractivity contribution >= 4 is 43.2 Å². The lowest BCUT2D eigenvalue weighted by Gasteiger charge is -2.03. The Morgan fingerprint density at radius 1 is 1.33 bits per heavy atom. The lowest BCUT2D eigenvalue weighted by Crippen LogP contribution is -2.28. The molecule has 1 fully saturated rings. The second-order valence-corrected chi connectivity index (χ2v) is 7.05. The molecule has 2 N–H and O–H groups in total. The zero-order valence-corrected chi connectivity index (χ0v) is 12.3. The largest absolute Gasteiger partial charge is 0.313 e. The highest BCUT2D eigenvalue weighted by atomic mass is 79.9. The molecule has 1 aliphatic carbocycles. The number of halogens is 2. The predicted octanol–water partition coefficient (Wildman–Crippen LogP) is 3.11. The summed E-state index contributed by atoms with van der Waals surface area (Å²) in [5.74, 6) is 0. The summed E-state index contributed by atoms with van der Waals surface area (Å²) >= 11 is 8.76. The van der Waals surface area contributed by atoms with Crippen molar-refractivity contribution in [3.05, 3.63) is 19.2 Å². The van der Waals surface area contributed by atoms with Gasteiger partial charge in [-0.1, -0.05) is 0 Å². The predicted molar refractivity (Wildman–Crippen MR) is 72.5 cm³/mol. The van der Waals surface area contributed by atoms with Crippen molar-refractivity contribution in [2.75, 3.05) is 13.1 Å². The Kier molecular flexibility index (Phi) is 4.64. The molecule has 2 nitrogen and oxygen atoms in total. The van der Waals surface area contributed by atoms with Gasteiger partial charge in [0.25, 0.3) is 0 Å². The smallest absolute Gasteiger partial charge is 0.0843 e. The Labute approximate surface area is 111 Å². The standard InChI is InChI=1S/C10H14Br2N2S/c11-9-5-8(15-10(9)12)6-13-3-4-14-7-1-2-7/h5,7,13-14H,1-4,6H2. The summed E-state index contributed by atoms with van der Waals surface area (Å²) in [7, 11) is 0.